The first kappa shape index (κ1) is 12.7. The summed E-state index contributed by atoms with van der Waals surface area (Å²) in [4.78, 5) is 17.3. The van der Waals surface area contributed by atoms with E-state index >= 15 is 0 Å². The Morgan fingerprint density at radius 1 is 1.72 bits per heavy atom. The smallest absolute Gasteiger partial charge is 0.257 e. The third-order valence-electron chi connectivity index (χ3n) is 3.03. The second-order valence-corrected chi connectivity index (χ2v) is 4.10. The molecule has 1 atom stereocenters. The van der Waals surface area contributed by atoms with Crippen LogP contribution in [0.25, 0.3) is 0 Å². The molecule has 1 aliphatic heterocycles. The highest BCUT2D eigenvalue weighted by atomic mass is 19.1. The van der Waals surface area contributed by atoms with Crippen LogP contribution in [-0.4, -0.2) is 42.1 Å². The molecule has 1 unspecified atom stereocenters. The zero-order valence-electron chi connectivity index (χ0n) is 10.0. The van der Waals surface area contributed by atoms with Crippen molar-refractivity contribution in [2.75, 3.05) is 25.7 Å². The number of ether oxygens (including phenoxy) is 1. The summed E-state index contributed by atoms with van der Waals surface area (Å²) < 4.78 is 19.1. The fraction of sp³-hybridized carbons (Fsp3) is 0.455. The first-order valence-electron chi connectivity index (χ1n) is 5.61. The summed E-state index contributed by atoms with van der Waals surface area (Å²) in [6.07, 6.45) is 2.10. The summed E-state index contributed by atoms with van der Waals surface area (Å²) in [7, 11) is 1.64. The van der Waals surface area contributed by atoms with Crippen LogP contribution in [0.15, 0.2) is 12.3 Å². The Hall–Kier alpha value is -1.73. The zero-order chi connectivity index (χ0) is 13.1. The minimum atomic E-state index is -0.740. The van der Waals surface area contributed by atoms with Crippen LogP contribution in [0.5, 0.6) is 0 Å². The van der Waals surface area contributed by atoms with Gasteiger partial charge < -0.3 is 15.1 Å². The van der Waals surface area contributed by atoms with E-state index in [1.807, 2.05) is 0 Å². The number of hydrogen-bond donors (Lipinski definition) is 2. The van der Waals surface area contributed by atoms with Crippen LogP contribution in [0.4, 0.5) is 10.2 Å². The van der Waals surface area contributed by atoms with Crippen molar-refractivity contribution >= 4 is 11.7 Å². The lowest BCUT2D eigenvalue weighted by atomic mass is 10.1. The zero-order valence-corrected chi connectivity index (χ0v) is 10.0. The summed E-state index contributed by atoms with van der Waals surface area (Å²) in [6, 6.07) is 1.32. The van der Waals surface area contributed by atoms with Crippen LogP contribution >= 0.6 is 0 Å². The number of likely N-dealkylation sites (N-methyl/N-ethyl adjacent to an activating group) is 1. The maximum atomic E-state index is 13.9. The van der Waals surface area contributed by atoms with Gasteiger partial charge in [0.25, 0.3) is 5.91 Å². The lowest BCUT2D eigenvalue weighted by Gasteiger charge is -2.23. The van der Waals surface area contributed by atoms with Crippen LogP contribution in [0, 0.1) is 5.82 Å². The Morgan fingerprint density at radius 3 is 3.11 bits per heavy atom. The molecule has 0 aromatic carbocycles. The summed E-state index contributed by atoms with van der Waals surface area (Å²) in [5.41, 5.74) is 2.07. The molecule has 1 aromatic rings. The first-order chi connectivity index (χ1) is 8.65. The molecule has 18 heavy (non-hydrogen) atoms. The largest absolute Gasteiger partial charge is 0.379 e. The van der Waals surface area contributed by atoms with Crippen molar-refractivity contribution in [3.8, 4) is 0 Å². The van der Waals surface area contributed by atoms with Gasteiger partial charge in [0.1, 0.15) is 0 Å². The van der Waals surface area contributed by atoms with E-state index in [0.717, 1.165) is 6.42 Å². The number of carbonyl (C=O) groups excluding carboxylic acids is 1. The number of pyridine rings is 1. The van der Waals surface area contributed by atoms with Gasteiger partial charge in [-0.2, -0.15) is 0 Å². The van der Waals surface area contributed by atoms with Crippen LogP contribution < -0.4 is 11.3 Å². The molecule has 2 heterocycles. The number of hydrogen-bond acceptors (Lipinski definition) is 5. The van der Waals surface area contributed by atoms with E-state index in [-0.39, 0.29) is 17.4 Å². The number of amides is 1. The highest BCUT2D eigenvalue weighted by molar-refractivity contribution is 5.95. The number of nitrogens with two attached hydrogens (primary N) is 1. The van der Waals surface area contributed by atoms with Crippen LogP contribution in [0.2, 0.25) is 0 Å². The van der Waals surface area contributed by atoms with E-state index in [9.17, 15) is 9.18 Å². The number of carbonyl (C=O) groups is 1. The van der Waals surface area contributed by atoms with Gasteiger partial charge in [0.05, 0.1) is 18.2 Å². The molecule has 1 aliphatic rings. The van der Waals surface area contributed by atoms with Crippen LogP contribution in [0.3, 0.4) is 0 Å². The van der Waals surface area contributed by atoms with Gasteiger partial charge >= 0.3 is 0 Å². The molecular weight excluding hydrogens is 239 g/mol. The topological polar surface area (TPSA) is 80.5 Å². The number of nitrogen functional groups attached to an aromatic ring is 1. The average molecular weight is 254 g/mol. The van der Waals surface area contributed by atoms with Gasteiger partial charge in [-0.25, -0.2) is 15.2 Å². The van der Waals surface area contributed by atoms with Crippen LogP contribution in [0.1, 0.15) is 16.8 Å². The van der Waals surface area contributed by atoms with Gasteiger partial charge in [0.2, 0.25) is 0 Å². The molecule has 1 aromatic heterocycles. The Balaban J connectivity index is 2.22. The molecule has 6 nitrogen and oxygen atoms in total. The molecule has 0 saturated carbocycles. The van der Waals surface area contributed by atoms with Crippen molar-refractivity contribution < 1.29 is 13.9 Å². The minimum Gasteiger partial charge on any atom is -0.379 e. The Kier molecular flexibility index (Phi) is 3.73. The monoisotopic (exact) mass is 254 g/mol. The average Bonchev–Trinajstić information content (AvgIpc) is 2.91. The van der Waals surface area contributed by atoms with Gasteiger partial charge in [0, 0.05) is 19.9 Å². The predicted octanol–water partition coefficient (Wildman–Crippen LogP) is 0.367. The summed E-state index contributed by atoms with van der Waals surface area (Å²) in [5.74, 6) is 3.84. The van der Waals surface area contributed by atoms with E-state index in [2.05, 4.69) is 10.4 Å². The Labute approximate surface area is 104 Å². The SMILES string of the molecule is CN(C(=O)c1ccnc(NN)c1F)C1CCOC1. The number of halogens is 1. The van der Waals surface area contributed by atoms with Crippen LogP contribution in [-0.2, 0) is 4.74 Å². The molecule has 0 aliphatic carbocycles. The molecule has 0 spiro atoms. The van der Waals surface area contributed by atoms with Gasteiger partial charge in [-0.1, -0.05) is 0 Å². The number of rotatable bonds is 3. The third-order valence-corrected chi connectivity index (χ3v) is 3.03. The predicted molar refractivity (Wildman–Crippen MR) is 63.3 cm³/mol. The normalized spacial score (nSPS) is 18.7. The maximum Gasteiger partial charge on any atom is 0.257 e. The van der Waals surface area contributed by atoms with Crippen molar-refractivity contribution in [2.45, 2.75) is 12.5 Å². The molecule has 0 bridgehead atoms. The second-order valence-electron chi connectivity index (χ2n) is 4.10. The number of nitrogens with zero attached hydrogens (tertiary/aromatic N) is 2. The molecule has 7 heteroatoms. The van der Waals surface area contributed by atoms with E-state index < -0.39 is 11.7 Å². The molecule has 2 rings (SSSR count). The number of aromatic nitrogens is 1. The fourth-order valence-corrected chi connectivity index (χ4v) is 1.89. The molecule has 3 N–H and O–H groups in total. The number of hydrazine groups is 1. The molecular formula is C11H15FN4O2. The molecule has 1 fully saturated rings. The van der Waals surface area contributed by atoms with Gasteiger partial charge in [-0.15, -0.1) is 0 Å². The van der Waals surface area contributed by atoms with E-state index in [4.69, 9.17) is 10.6 Å². The Bertz CT molecular complexity index is 449. The van der Waals surface area contributed by atoms with E-state index in [0.29, 0.717) is 13.2 Å². The van der Waals surface area contributed by atoms with Gasteiger partial charge in [-0.3, -0.25) is 4.79 Å². The standard InChI is InChI=1S/C11H15FN4O2/c1-16(7-3-5-18-6-7)11(17)8-2-4-14-10(15-13)9(8)12/h2,4,7H,3,5-6,13H2,1H3,(H,14,15). The highest BCUT2D eigenvalue weighted by Gasteiger charge is 2.27. The highest BCUT2D eigenvalue weighted by Crippen LogP contribution is 2.18. The first-order valence-corrected chi connectivity index (χ1v) is 5.61. The number of nitrogens with one attached hydrogen (secondary N) is 1. The van der Waals surface area contributed by atoms with Crippen molar-refractivity contribution in [3.63, 3.8) is 0 Å². The third kappa shape index (κ3) is 2.27. The van der Waals surface area contributed by atoms with Crippen molar-refractivity contribution in [2.24, 2.45) is 5.84 Å². The van der Waals surface area contributed by atoms with Gasteiger partial charge in [-0.05, 0) is 12.5 Å². The van der Waals surface area contributed by atoms with Crippen molar-refractivity contribution in [1.82, 2.24) is 9.88 Å². The second kappa shape index (κ2) is 5.28. The summed E-state index contributed by atoms with van der Waals surface area (Å²) in [5, 5.41) is 0. The van der Waals surface area contributed by atoms with Crippen molar-refractivity contribution in [1.29, 1.82) is 0 Å². The fourth-order valence-electron chi connectivity index (χ4n) is 1.89. The summed E-state index contributed by atoms with van der Waals surface area (Å²) >= 11 is 0. The minimum absolute atomic E-state index is 0.0145. The van der Waals surface area contributed by atoms with E-state index in [1.54, 1.807) is 7.05 Å². The molecule has 0 radical (unpaired) electrons. The molecule has 98 valence electrons. The van der Waals surface area contributed by atoms with Crippen molar-refractivity contribution in [3.05, 3.63) is 23.6 Å². The maximum absolute atomic E-state index is 13.9. The quantitative estimate of drug-likeness (QED) is 0.601. The van der Waals surface area contributed by atoms with E-state index in [1.165, 1.54) is 17.2 Å². The molecule has 1 saturated heterocycles. The lowest BCUT2D eigenvalue weighted by Crippen LogP contribution is -2.37. The lowest BCUT2D eigenvalue weighted by molar-refractivity contribution is 0.0706. The Morgan fingerprint density at radius 2 is 2.50 bits per heavy atom. The number of anilines is 1. The molecule has 1 amide bonds. The summed E-state index contributed by atoms with van der Waals surface area (Å²) in [6.45, 7) is 1.10. The van der Waals surface area contributed by atoms with Gasteiger partial charge in [0.15, 0.2) is 11.6 Å².